The van der Waals surface area contributed by atoms with E-state index in [-0.39, 0.29) is 23.5 Å². The molecule has 1 aliphatic rings. The predicted octanol–water partition coefficient (Wildman–Crippen LogP) is 3.08. The van der Waals surface area contributed by atoms with Gasteiger partial charge in [0.1, 0.15) is 11.5 Å². The van der Waals surface area contributed by atoms with Crippen molar-refractivity contribution >= 4 is 28.1 Å². The maximum absolute atomic E-state index is 13.1. The minimum absolute atomic E-state index is 0.00261. The average Bonchev–Trinajstić information content (AvgIpc) is 2.69. The van der Waals surface area contributed by atoms with Crippen LogP contribution in [0.25, 0.3) is 10.8 Å². The number of nitrogens with two attached hydrogens (primary N) is 1. The van der Waals surface area contributed by atoms with Gasteiger partial charge < -0.3 is 20.9 Å². The Bertz CT molecular complexity index is 1160. The molecule has 3 N–H and O–H groups in total. The summed E-state index contributed by atoms with van der Waals surface area (Å²) in [6.45, 7) is 5.72. The van der Waals surface area contributed by atoms with Gasteiger partial charge in [0.2, 0.25) is 0 Å². The number of aryl methyl sites for hydroxylation is 1. The monoisotopic (exact) mass is 446 g/mol. The topological polar surface area (TPSA) is 96.1 Å². The zero-order valence-corrected chi connectivity index (χ0v) is 18.3. The van der Waals surface area contributed by atoms with Gasteiger partial charge in [-0.05, 0) is 46.1 Å². The summed E-state index contributed by atoms with van der Waals surface area (Å²) in [7, 11) is 4.11. The summed E-state index contributed by atoms with van der Waals surface area (Å²) in [4.78, 5) is 12.6. The largest absolute Gasteiger partial charge is 0.433 e. The van der Waals surface area contributed by atoms with Crippen molar-refractivity contribution in [1.82, 2.24) is 25.1 Å². The van der Waals surface area contributed by atoms with Crippen LogP contribution < -0.4 is 16.0 Å². The third-order valence-electron chi connectivity index (χ3n) is 5.93. The predicted molar refractivity (Wildman–Crippen MR) is 117 cm³/mol. The summed E-state index contributed by atoms with van der Waals surface area (Å²) in [6.07, 6.45) is -2.81. The van der Waals surface area contributed by atoms with Crippen LogP contribution in [0.4, 0.5) is 30.5 Å². The molecule has 170 valence electrons. The second-order valence-electron chi connectivity index (χ2n) is 8.60. The van der Waals surface area contributed by atoms with Crippen LogP contribution in [-0.2, 0) is 12.7 Å². The van der Waals surface area contributed by atoms with Gasteiger partial charge in [-0.1, -0.05) is 0 Å². The lowest BCUT2D eigenvalue weighted by atomic mass is 9.91. The fourth-order valence-corrected chi connectivity index (χ4v) is 3.71. The third kappa shape index (κ3) is 4.12. The number of pyridine rings is 2. The zero-order chi connectivity index (χ0) is 23.3. The number of likely N-dealkylation sites (N-methyl/N-ethyl adjacent to an activating group) is 1. The van der Waals surface area contributed by atoms with Gasteiger partial charge >= 0.3 is 6.18 Å². The number of rotatable bonds is 5. The van der Waals surface area contributed by atoms with Crippen LogP contribution in [0.2, 0.25) is 0 Å². The van der Waals surface area contributed by atoms with E-state index in [0.717, 1.165) is 35.7 Å². The van der Waals surface area contributed by atoms with Crippen molar-refractivity contribution in [3.63, 3.8) is 0 Å². The zero-order valence-electron chi connectivity index (χ0n) is 18.3. The number of anilines is 3. The van der Waals surface area contributed by atoms with E-state index in [1.807, 2.05) is 13.0 Å². The second kappa shape index (κ2) is 7.73. The normalized spacial score (nSPS) is 15.8. The molecule has 0 atom stereocenters. The Hall–Kier alpha value is -3.21. The molecule has 3 aromatic heterocycles. The van der Waals surface area contributed by atoms with Gasteiger partial charge in [-0.2, -0.15) is 18.3 Å². The van der Waals surface area contributed by atoms with Crippen LogP contribution in [0.15, 0.2) is 24.4 Å². The van der Waals surface area contributed by atoms with Gasteiger partial charge in [-0.15, -0.1) is 5.10 Å². The van der Waals surface area contributed by atoms with E-state index in [1.54, 1.807) is 6.20 Å². The van der Waals surface area contributed by atoms with Crippen molar-refractivity contribution in [2.75, 3.05) is 43.1 Å². The SMILES string of the molecule is Cc1nnc(NCc2cc(N)cc(C(F)(F)F)n2)c2cc(N3CC(C)(N(C)C)C3)ncc12. The van der Waals surface area contributed by atoms with Crippen molar-refractivity contribution in [1.29, 1.82) is 0 Å². The van der Waals surface area contributed by atoms with Crippen LogP contribution in [0.1, 0.15) is 24.0 Å². The van der Waals surface area contributed by atoms with Gasteiger partial charge in [0, 0.05) is 35.7 Å². The van der Waals surface area contributed by atoms with Gasteiger partial charge in [-0.25, -0.2) is 9.97 Å². The number of nitrogen functional groups attached to an aromatic ring is 1. The number of nitrogens with one attached hydrogen (secondary N) is 1. The first-order valence-corrected chi connectivity index (χ1v) is 10.1. The first-order valence-electron chi connectivity index (χ1n) is 10.1. The fraction of sp³-hybridized carbons (Fsp3) is 0.429. The maximum atomic E-state index is 13.1. The van der Waals surface area contributed by atoms with Crippen molar-refractivity contribution in [3.05, 3.63) is 41.5 Å². The molecule has 0 unspecified atom stereocenters. The molecule has 3 aromatic rings. The van der Waals surface area contributed by atoms with Gasteiger partial charge in [0.25, 0.3) is 0 Å². The Kier molecular flexibility index (Phi) is 5.32. The Labute approximate surface area is 183 Å². The number of fused-ring (bicyclic) bond motifs is 1. The fourth-order valence-electron chi connectivity index (χ4n) is 3.71. The smallest absolute Gasteiger partial charge is 0.399 e. The molecule has 0 spiro atoms. The quantitative estimate of drug-likeness (QED) is 0.617. The lowest BCUT2D eigenvalue weighted by Crippen LogP contribution is -2.67. The molecular formula is C21H25F3N8. The highest BCUT2D eigenvalue weighted by atomic mass is 19.4. The van der Waals surface area contributed by atoms with Crippen LogP contribution in [-0.4, -0.2) is 57.8 Å². The highest BCUT2D eigenvalue weighted by molar-refractivity contribution is 5.94. The Morgan fingerprint density at radius 1 is 1.16 bits per heavy atom. The van der Waals surface area contributed by atoms with E-state index in [2.05, 4.69) is 56.3 Å². The summed E-state index contributed by atoms with van der Waals surface area (Å²) >= 11 is 0. The van der Waals surface area contributed by atoms with Crippen molar-refractivity contribution in [2.45, 2.75) is 32.1 Å². The van der Waals surface area contributed by atoms with Crippen LogP contribution in [0.5, 0.6) is 0 Å². The lowest BCUT2D eigenvalue weighted by molar-refractivity contribution is -0.141. The minimum atomic E-state index is -4.57. The molecule has 0 aromatic carbocycles. The maximum Gasteiger partial charge on any atom is 0.433 e. The summed E-state index contributed by atoms with van der Waals surface area (Å²) in [6, 6.07) is 4.15. The number of halogens is 3. The number of alkyl halides is 3. The first-order chi connectivity index (χ1) is 15.0. The van der Waals surface area contributed by atoms with Crippen molar-refractivity contribution in [3.8, 4) is 0 Å². The molecule has 4 rings (SSSR count). The Morgan fingerprint density at radius 3 is 2.53 bits per heavy atom. The standard InChI is InChI=1S/C21H25F3N8/c1-12-16-9-26-18(32-10-20(2,11-32)31(3)4)7-15(16)19(30-29-12)27-8-14-5-13(25)6-17(28-14)21(22,23)24/h5-7,9H,8,10-11H2,1-4H3,(H2,25,28)(H,27,30). The second-order valence-corrected chi connectivity index (χ2v) is 8.60. The van der Waals surface area contributed by atoms with Crippen LogP contribution in [0, 0.1) is 6.92 Å². The van der Waals surface area contributed by atoms with E-state index in [0.29, 0.717) is 11.5 Å². The lowest BCUT2D eigenvalue weighted by Gasteiger charge is -2.52. The molecule has 0 aliphatic carbocycles. The van der Waals surface area contributed by atoms with E-state index in [4.69, 9.17) is 5.73 Å². The number of aromatic nitrogens is 4. The third-order valence-corrected chi connectivity index (χ3v) is 5.93. The molecule has 0 amide bonds. The average molecular weight is 446 g/mol. The molecule has 32 heavy (non-hydrogen) atoms. The van der Waals surface area contributed by atoms with Gasteiger partial charge in [0.05, 0.1) is 23.5 Å². The molecule has 8 nitrogen and oxygen atoms in total. The van der Waals surface area contributed by atoms with Gasteiger partial charge in [-0.3, -0.25) is 0 Å². The Balaban J connectivity index is 1.61. The molecular weight excluding hydrogens is 421 g/mol. The van der Waals surface area contributed by atoms with Crippen LogP contribution in [0.3, 0.4) is 0 Å². The molecule has 4 heterocycles. The number of hydrogen-bond acceptors (Lipinski definition) is 8. The summed E-state index contributed by atoms with van der Waals surface area (Å²) in [5, 5.41) is 13.0. The van der Waals surface area contributed by atoms with E-state index in [9.17, 15) is 13.2 Å². The highest BCUT2D eigenvalue weighted by Crippen LogP contribution is 2.33. The summed E-state index contributed by atoms with van der Waals surface area (Å²) in [5.74, 6) is 1.26. The van der Waals surface area contributed by atoms with Gasteiger partial charge in [0.15, 0.2) is 5.82 Å². The van der Waals surface area contributed by atoms with Crippen molar-refractivity contribution < 1.29 is 13.2 Å². The molecule has 0 saturated carbocycles. The van der Waals surface area contributed by atoms with E-state index >= 15 is 0 Å². The molecule has 11 heteroatoms. The molecule has 1 saturated heterocycles. The van der Waals surface area contributed by atoms with Crippen LogP contribution >= 0.6 is 0 Å². The Morgan fingerprint density at radius 2 is 1.88 bits per heavy atom. The minimum Gasteiger partial charge on any atom is -0.399 e. The summed E-state index contributed by atoms with van der Waals surface area (Å²) < 4.78 is 39.2. The first kappa shape index (κ1) is 22.0. The molecule has 1 aliphatic heterocycles. The number of hydrogen-bond donors (Lipinski definition) is 2. The summed E-state index contributed by atoms with van der Waals surface area (Å²) in [5.41, 5.74) is 5.57. The number of nitrogens with zero attached hydrogens (tertiary/aromatic N) is 6. The molecule has 0 bridgehead atoms. The van der Waals surface area contributed by atoms with E-state index < -0.39 is 11.9 Å². The highest BCUT2D eigenvalue weighted by Gasteiger charge is 2.41. The molecule has 1 fully saturated rings. The molecule has 0 radical (unpaired) electrons. The van der Waals surface area contributed by atoms with E-state index in [1.165, 1.54) is 6.07 Å². The van der Waals surface area contributed by atoms with Crippen molar-refractivity contribution in [2.24, 2.45) is 0 Å².